The number of aromatic carboxylic acids is 1. The van der Waals surface area contributed by atoms with Crippen LogP contribution >= 0.6 is 11.6 Å². The molecule has 0 aromatic heterocycles. The Morgan fingerprint density at radius 2 is 1.81 bits per heavy atom. The number of carbonyl (C=O) groups is 3. The van der Waals surface area contributed by atoms with Crippen LogP contribution in [0.4, 0.5) is 15.8 Å². The van der Waals surface area contributed by atoms with Crippen LogP contribution in [0, 0.1) is 5.82 Å². The van der Waals surface area contributed by atoms with Gasteiger partial charge in [-0.3, -0.25) is 14.6 Å². The fraction of sp³-hybridized carbons (Fsp3) is 0.258. The molecule has 3 aromatic rings. The Hall–Kier alpha value is -4.61. The van der Waals surface area contributed by atoms with Crippen molar-refractivity contribution in [2.24, 2.45) is 11.6 Å². The van der Waals surface area contributed by atoms with Crippen molar-refractivity contribution in [3.63, 3.8) is 0 Å². The summed E-state index contributed by atoms with van der Waals surface area (Å²) in [4.78, 5) is 39.9. The van der Waals surface area contributed by atoms with Gasteiger partial charge in [0.15, 0.2) is 5.82 Å². The van der Waals surface area contributed by atoms with E-state index in [2.05, 4.69) is 5.32 Å². The van der Waals surface area contributed by atoms with Crippen LogP contribution in [0.2, 0.25) is 5.02 Å². The summed E-state index contributed by atoms with van der Waals surface area (Å²) in [7, 11) is 0. The number of anilines is 2. The predicted octanol–water partition coefficient (Wildman–Crippen LogP) is 5.24. The summed E-state index contributed by atoms with van der Waals surface area (Å²) in [6, 6.07) is 14.0. The van der Waals surface area contributed by atoms with Gasteiger partial charge in [0.1, 0.15) is 17.5 Å². The number of rotatable bonds is 9. The van der Waals surface area contributed by atoms with Crippen molar-refractivity contribution >= 4 is 40.8 Å². The molecule has 4 rings (SSSR count). The second kappa shape index (κ2) is 15.0. The summed E-state index contributed by atoms with van der Waals surface area (Å²) in [6.07, 6.45) is 2.24. The van der Waals surface area contributed by atoms with Gasteiger partial charge in [0.25, 0.3) is 11.8 Å². The van der Waals surface area contributed by atoms with Gasteiger partial charge in [-0.1, -0.05) is 50.6 Å². The molecule has 1 heterocycles. The van der Waals surface area contributed by atoms with Gasteiger partial charge in [0.2, 0.25) is 0 Å². The van der Waals surface area contributed by atoms with Gasteiger partial charge in [-0.15, -0.1) is 0 Å². The van der Waals surface area contributed by atoms with E-state index in [0.29, 0.717) is 30.0 Å². The van der Waals surface area contributed by atoms with Crippen LogP contribution in [0.25, 0.3) is 0 Å². The first kappa shape index (κ1) is 32.9. The smallest absolute Gasteiger partial charge is 0.335 e. The molecule has 2 amide bonds. The van der Waals surface area contributed by atoms with Crippen LogP contribution in [0.5, 0.6) is 5.75 Å². The molecule has 0 radical (unpaired) electrons. The summed E-state index contributed by atoms with van der Waals surface area (Å²) in [5.41, 5.74) is 7.43. The molecule has 1 unspecified atom stereocenters. The first-order valence-electron chi connectivity index (χ1n) is 13.8. The highest BCUT2D eigenvalue weighted by Gasteiger charge is 2.38. The number of ether oxygens (including phenoxy) is 1. The van der Waals surface area contributed by atoms with Crippen molar-refractivity contribution in [2.45, 2.75) is 39.7 Å². The van der Waals surface area contributed by atoms with E-state index in [0.717, 1.165) is 23.2 Å². The minimum Gasteiger partial charge on any atom is -0.493 e. The maximum Gasteiger partial charge on any atom is 0.335 e. The Kier molecular flexibility index (Phi) is 11.5. The minimum absolute atomic E-state index is 0.0564. The number of halogens is 2. The van der Waals surface area contributed by atoms with Gasteiger partial charge >= 0.3 is 5.97 Å². The third kappa shape index (κ3) is 7.62. The fourth-order valence-corrected chi connectivity index (χ4v) is 4.69. The van der Waals surface area contributed by atoms with Gasteiger partial charge in [0, 0.05) is 17.8 Å². The lowest BCUT2D eigenvalue weighted by Gasteiger charge is -2.37. The lowest BCUT2D eigenvalue weighted by atomic mass is 9.90. The zero-order valence-corrected chi connectivity index (χ0v) is 24.9. The summed E-state index contributed by atoms with van der Waals surface area (Å²) < 4.78 is 20.4. The molecule has 0 fully saturated rings. The summed E-state index contributed by atoms with van der Waals surface area (Å²) in [6.45, 7) is 6.58. The van der Waals surface area contributed by atoms with E-state index in [-0.39, 0.29) is 28.5 Å². The molecule has 43 heavy (non-hydrogen) atoms. The van der Waals surface area contributed by atoms with Crippen molar-refractivity contribution in [1.29, 1.82) is 0 Å². The monoisotopic (exact) mass is 611 g/mol. The maximum absolute atomic E-state index is 14.5. The van der Waals surface area contributed by atoms with E-state index in [1.54, 1.807) is 12.1 Å². The molecule has 1 atom stereocenters. The van der Waals surface area contributed by atoms with Crippen LogP contribution in [-0.4, -0.2) is 40.9 Å². The van der Waals surface area contributed by atoms with Crippen molar-refractivity contribution in [2.75, 3.05) is 23.5 Å². The quantitative estimate of drug-likeness (QED) is 0.146. The van der Waals surface area contributed by atoms with Gasteiger partial charge in [-0.2, -0.15) is 0 Å². The Labute approximate surface area is 254 Å². The first-order valence-corrected chi connectivity index (χ1v) is 14.1. The summed E-state index contributed by atoms with van der Waals surface area (Å²) in [5.74, 6) is 3.46. The Bertz CT molecular complexity index is 1500. The third-order valence-electron chi connectivity index (χ3n) is 6.48. The zero-order valence-electron chi connectivity index (χ0n) is 24.1. The molecular formula is C31H35ClFN5O5. The van der Waals surface area contributed by atoms with Gasteiger partial charge in [0.05, 0.1) is 29.1 Å². The number of amides is 2. The predicted molar refractivity (Wildman–Crippen MR) is 164 cm³/mol. The summed E-state index contributed by atoms with van der Waals surface area (Å²) in [5, 5.41) is 12.6. The molecule has 0 spiro atoms. The standard InChI is InChI=1S/C29H29ClFN5O5.C2H6/c1-2-15-41-24-8-3-5-20-19(24)13-14-35(26(20)27(37)34-18-11-9-17(10-12-18)29(39)40)28(38)22(32)16-36(33)23-7-4-6-21(30)25(23)31;1-2/h3-12,16,26H,2,13-15,32-33H2,1H3,(H,34,37)(H,39,40);1-2H3/b22-16-;. The van der Waals surface area contributed by atoms with Gasteiger partial charge in [-0.05, 0) is 60.9 Å². The highest BCUT2D eigenvalue weighted by Crippen LogP contribution is 2.37. The number of hydrogen-bond acceptors (Lipinski definition) is 7. The number of hydrogen-bond donors (Lipinski definition) is 4. The number of nitrogens with zero attached hydrogens (tertiary/aromatic N) is 2. The molecule has 0 aliphatic carbocycles. The molecule has 3 aromatic carbocycles. The third-order valence-corrected chi connectivity index (χ3v) is 6.77. The normalized spacial score (nSPS) is 14.1. The highest BCUT2D eigenvalue weighted by atomic mass is 35.5. The van der Waals surface area contributed by atoms with E-state index in [1.165, 1.54) is 47.4 Å². The SMILES string of the molecule is CC.CCCOc1cccc2c1CCN(C(=O)/C(N)=C/N(N)c1cccc(Cl)c1F)C2C(=O)Nc1ccc(C(=O)O)cc1. The van der Waals surface area contributed by atoms with E-state index in [4.69, 9.17) is 33.0 Å². The largest absolute Gasteiger partial charge is 0.493 e. The number of carboxylic acids is 1. The molecule has 1 aliphatic rings. The van der Waals surface area contributed by atoms with Crippen LogP contribution in [-0.2, 0) is 16.0 Å². The van der Waals surface area contributed by atoms with Crippen LogP contribution in [0.15, 0.2) is 72.6 Å². The molecule has 12 heteroatoms. The minimum atomic E-state index is -1.11. The van der Waals surface area contributed by atoms with Crippen molar-refractivity contribution < 1.29 is 28.6 Å². The number of carbonyl (C=O) groups excluding carboxylic acids is 2. The Morgan fingerprint density at radius 1 is 1.14 bits per heavy atom. The Balaban J connectivity index is 0.00000248. The van der Waals surface area contributed by atoms with E-state index in [9.17, 15) is 18.8 Å². The lowest BCUT2D eigenvalue weighted by Crippen LogP contribution is -2.47. The highest BCUT2D eigenvalue weighted by molar-refractivity contribution is 6.31. The number of hydrazine groups is 1. The number of nitrogens with one attached hydrogen (secondary N) is 1. The molecular weight excluding hydrogens is 577 g/mol. The molecule has 6 N–H and O–H groups in total. The van der Waals surface area contributed by atoms with Gasteiger partial charge in [-0.25, -0.2) is 15.0 Å². The Morgan fingerprint density at radius 3 is 2.47 bits per heavy atom. The molecule has 10 nitrogen and oxygen atoms in total. The van der Waals surface area contributed by atoms with Crippen LogP contribution < -0.4 is 26.6 Å². The second-order valence-electron chi connectivity index (χ2n) is 9.26. The van der Waals surface area contributed by atoms with Crippen molar-refractivity contribution in [3.05, 3.63) is 100 Å². The second-order valence-corrected chi connectivity index (χ2v) is 9.67. The van der Waals surface area contributed by atoms with Crippen LogP contribution in [0.3, 0.4) is 0 Å². The first-order chi connectivity index (χ1) is 20.6. The molecule has 0 saturated carbocycles. The van der Waals surface area contributed by atoms with Crippen molar-refractivity contribution in [1.82, 2.24) is 4.90 Å². The van der Waals surface area contributed by atoms with E-state index in [1.807, 2.05) is 26.8 Å². The summed E-state index contributed by atoms with van der Waals surface area (Å²) >= 11 is 5.85. The van der Waals surface area contributed by atoms with E-state index >= 15 is 0 Å². The van der Waals surface area contributed by atoms with Crippen LogP contribution in [0.1, 0.15) is 54.7 Å². The van der Waals surface area contributed by atoms with Crippen molar-refractivity contribution in [3.8, 4) is 5.75 Å². The lowest BCUT2D eigenvalue weighted by molar-refractivity contribution is -0.136. The number of fused-ring (bicyclic) bond motifs is 1. The molecule has 0 bridgehead atoms. The average molecular weight is 612 g/mol. The topological polar surface area (TPSA) is 151 Å². The molecule has 0 saturated heterocycles. The van der Waals surface area contributed by atoms with E-state index < -0.39 is 29.6 Å². The number of nitrogens with two attached hydrogens (primary N) is 2. The zero-order chi connectivity index (χ0) is 31.7. The molecule has 228 valence electrons. The van der Waals surface area contributed by atoms with Gasteiger partial charge < -0.3 is 25.8 Å². The maximum atomic E-state index is 14.5. The average Bonchev–Trinajstić information content (AvgIpc) is 3.01. The number of benzene rings is 3. The number of carboxylic acid groups (broad SMARTS) is 1. The fourth-order valence-electron chi connectivity index (χ4n) is 4.52. The molecule has 1 aliphatic heterocycles.